The van der Waals surface area contributed by atoms with Crippen LogP contribution in [0.5, 0.6) is 0 Å². The van der Waals surface area contributed by atoms with E-state index in [9.17, 15) is 18.0 Å². The zero-order chi connectivity index (χ0) is 16.1. The van der Waals surface area contributed by atoms with Gasteiger partial charge in [-0.3, -0.25) is 4.79 Å². The third kappa shape index (κ3) is 3.65. The van der Waals surface area contributed by atoms with Gasteiger partial charge in [0.2, 0.25) is 0 Å². The fourth-order valence-corrected chi connectivity index (χ4v) is 2.07. The van der Waals surface area contributed by atoms with E-state index in [1.807, 2.05) is 0 Å². The van der Waals surface area contributed by atoms with E-state index in [0.717, 1.165) is 0 Å². The van der Waals surface area contributed by atoms with Crippen molar-refractivity contribution in [1.82, 2.24) is 5.32 Å². The van der Waals surface area contributed by atoms with Crippen molar-refractivity contribution < 1.29 is 23.1 Å². The zero-order valence-electron chi connectivity index (χ0n) is 11.5. The van der Waals surface area contributed by atoms with Crippen molar-refractivity contribution in [1.29, 1.82) is 0 Å². The smallest absolute Gasteiger partial charge is 0.254 e. The molecule has 0 aromatic heterocycles. The summed E-state index contributed by atoms with van der Waals surface area (Å²) in [6.07, 6.45) is 0.209. The van der Waals surface area contributed by atoms with Crippen LogP contribution in [0.25, 0.3) is 0 Å². The molecule has 1 atom stereocenters. The van der Waals surface area contributed by atoms with Gasteiger partial charge in [0.25, 0.3) is 5.91 Å². The molecule has 0 heterocycles. The summed E-state index contributed by atoms with van der Waals surface area (Å²) in [7, 11) is 0. The summed E-state index contributed by atoms with van der Waals surface area (Å²) in [5, 5.41) is 11.6. The minimum absolute atomic E-state index is 0.194. The van der Waals surface area contributed by atoms with Crippen LogP contribution in [0.1, 0.15) is 28.4 Å². The van der Waals surface area contributed by atoms with E-state index in [1.54, 1.807) is 30.3 Å². The highest BCUT2D eigenvalue weighted by molar-refractivity contribution is 5.94. The Morgan fingerprint density at radius 1 is 1.05 bits per heavy atom. The second-order valence-electron chi connectivity index (χ2n) is 4.70. The van der Waals surface area contributed by atoms with Gasteiger partial charge >= 0.3 is 0 Å². The van der Waals surface area contributed by atoms with Crippen molar-refractivity contribution >= 4 is 5.91 Å². The lowest BCUT2D eigenvalue weighted by atomic mass is 10.0. The molecule has 2 N–H and O–H groups in total. The number of carbonyl (C=O) groups excluding carboxylic acids is 1. The molecule has 0 fully saturated rings. The summed E-state index contributed by atoms with van der Waals surface area (Å²) in [6, 6.07) is 9.05. The van der Waals surface area contributed by atoms with Crippen LogP contribution >= 0.6 is 0 Å². The Bertz CT molecular complexity index is 662. The van der Waals surface area contributed by atoms with Gasteiger partial charge < -0.3 is 10.4 Å². The molecule has 0 aliphatic carbocycles. The topological polar surface area (TPSA) is 49.3 Å². The molecule has 0 radical (unpaired) electrons. The van der Waals surface area contributed by atoms with Crippen molar-refractivity contribution in [3.8, 4) is 0 Å². The highest BCUT2D eigenvalue weighted by atomic mass is 19.2. The quantitative estimate of drug-likeness (QED) is 0.834. The molecule has 2 aromatic rings. The van der Waals surface area contributed by atoms with Gasteiger partial charge in [-0.25, -0.2) is 13.2 Å². The van der Waals surface area contributed by atoms with Crippen molar-refractivity contribution in [2.45, 2.75) is 12.5 Å². The highest BCUT2D eigenvalue weighted by Gasteiger charge is 2.20. The van der Waals surface area contributed by atoms with E-state index >= 15 is 0 Å². The summed E-state index contributed by atoms with van der Waals surface area (Å²) in [5.41, 5.74) is 0.130. The molecule has 0 aliphatic heterocycles. The maximum absolute atomic E-state index is 13.6. The number of rotatable bonds is 5. The summed E-state index contributed by atoms with van der Waals surface area (Å²) < 4.78 is 39.7. The number of carbonyl (C=O) groups is 1. The Balaban J connectivity index is 2.24. The first-order valence-electron chi connectivity index (χ1n) is 6.64. The van der Waals surface area contributed by atoms with Crippen LogP contribution in [0.15, 0.2) is 42.5 Å². The third-order valence-electron chi connectivity index (χ3n) is 3.18. The Labute approximate surface area is 125 Å². The van der Waals surface area contributed by atoms with Crippen molar-refractivity contribution in [2.24, 2.45) is 0 Å². The molecular formula is C16H14F3NO2. The van der Waals surface area contributed by atoms with Gasteiger partial charge in [-0.15, -0.1) is 0 Å². The number of nitrogens with one attached hydrogen (secondary N) is 1. The van der Waals surface area contributed by atoms with Crippen LogP contribution in [-0.4, -0.2) is 17.6 Å². The van der Waals surface area contributed by atoms with Crippen molar-refractivity contribution in [3.63, 3.8) is 0 Å². The molecule has 1 amide bonds. The SMILES string of the molecule is O=C(NC(CCO)c1ccccc1)c1cc(F)c(F)cc1F. The Morgan fingerprint density at radius 3 is 2.32 bits per heavy atom. The standard InChI is InChI=1S/C16H14F3NO2/c17-12-9-14(19)13(18)8-11(12)16(22)20-15(6-7-21)10-4-2-1-3-5-10/h1-5,8-9,15,21H,6-7H2,(H,20,22). The number of aliphatic hydroxyl groups is 1. The highest BCUT2D eigenvalue weighted by Crippen LogP contribution is 2.19. The molecule has 22 heavy (non-hydrogen) atoms. The third-order valence-corrected chi connectivity index (χ3v) is 3.18. The molecule has 2 rings (SSSR count). The lowest BCUT2D eigenvalue weighted by Crippen LogP contribution is -2.30. The molecule has 1 unspecified atom stereocenters. The lowest BCUT2D eigenvalue weighted by Gasteiger charge is -2.18. The average Bonchev–Trinajstić information content (AvgIpc) is 2.51. The lowest BCUT2D eigenvalue weighted by molar-refractivity contribution is 0.0925. The van der Waals surface area contributed by atoms with Crippen LogP contribution in [0.4, 0.5) is 13.2 Å². The van der Waals surface area contributed by atoms with Crippen LogP contribution in [0.2, 0.25) is 0 Å². The second kappa shape index (κ2) is 7.09. The van der Waals surface area contributed by atoms with Crippen LogP contribution < -0.4 is 5.32 Å². The second-order valence-corrected chi connectivity index (χ2v) is 4.70. The molecule has 2 aromatic carbocycles. The van der Waals surface area contributed by atoms with Gasteiger partial charge in [-0.05, 0) is 18.1 Å². The molecule has 0 bridgehead atoms. The maximum atomic E-state index is 13.6. The number of halogens is 3. The van der Waals surface area contributed by atoms with E-state index in [4.69, 9.17) is 5.11 Å². The molecule has 0 saturated heterocycles. The van der Waals surface area contributed by atoms with Gasteiger partial charge in [0.05, 0.1) is 11.6 Å². The molecule has 3 nitrogen and oxygen atoms in total. The summed E-state index contributed by atoms with van der Waals surface area (Å²) >= 11 is 0. The van der Waals surface area contributed by atoms with Gasteiger partial charge in [0.15, 0.2) is 11.6 Å². The number of benzene rings is 2. The van der Waals surface area contributed by atoms with E-state index in [1.165, 1.54) is 0 Å². The largest absolute Gasteiger partial charge is 0.396 e. The monoisotopic (exact) mass is 309 g/mol. The average molecular weight is 309 g/mol. The van der Waals surface area contributed by atoms with Crippen molar-refractivity contribution in [3.05, 3.63) is 71.0 Å². The Morgan fingerprint density at radius 2 is 1.68 bits per heavy atom. The van der Waals surface area contributed by atoms with E-state index < -0.39 is 35.0 Å². The molecule has 6 heteroatoms. The Kier molecular flexibility index (Phi) is 5.16. The summed E-state index contributed by atoms with van der Waals surface area (Å²) in [4.78, 5) is 12.1. The van der Waals surface area contributed by atoms with E-state index in [2.05, 4.69) is 5.32 Å². The minimum Gasteiger partial charge on any atom is -0.396 e. The summed E-state index contributed by atoms with van der Waals surface area (Å²) in [5.74, 6) is -4.68. The normalized spacial score (nSPS) is 12.0. The fourth-order valence-electron chi connectivity index (χ4n) is 2.07. The van der Waals surface area contributed by atoms with Gasteiger partial charge in [-0.2, -0.15) is 0 Å². The zero-order valence-corrected chi connectivity index (χ0v) is 11.5. The van der Waals surface area contributed by atoms with Gasteiger partial charge in [-0.1, -0.05) is 30.3 Å². The molecule has 0 spiro atoms. The number of amides is 1. The number of hydrogen-bond acceptors (Lipinski definition) is 2. The molecule has 0 aliphatic rings. The molecule has 116 valence electrons. The van der Waals surface area contributed by atoms with E-state index in [0.29, 0.717) is 17.7 Å². The minimum atomic E-state index is -1.36. The van der Waals surface area contributed by atoms with Gasteiger partial charge in [0.1, 0.15) is 5.82 Å². The first kappa shape index (κ1) is 16.0. The predicted molar refractivity (Wildman–Crippen MR) is 74.7 cm³/mol. The van der Waals surface area contributed by atoms with Gasteiger partial charge in [0, 0.05) is 12.7 Å². The predicted octanol–water partition coefficient (Wildman–Crippen LogP) is 2.96. The molecule has 0 saturated carbocycles. The van der Waals surface area contributed by atoms with E-state index in [-0.39, 0.29) is 13.0 Å². The first-order chi connectivity index (χ1) is 10.5. The number of aliphatic hydroxyl groups excluding tert-OH is 1. The molecular weight excluding hydrogens is 295 g/mol. The van der Waals surface area contributed by atoms with Crippen LogP contribution in [0, 0.1) is 17.5 Å². The maximum Gasteiger partial charge on any atom is 0.254 e. The first-order valence-corrected chi connectivity index (χ1v) is 6.64. The summed E-state index contributed by atoms with van der Waals surface area (Å²) in [6.45, 7) is -0.194. The van der Waals surface area contributed by atoms with Crippen molar-refractivity contribution in [2.75, 3.05) is 6.61 Å². The number of hydrogen-bond donors (Lipinski definition) is 2. The fraction of sp³-hybridized carbons (Fsp3) is 0.188. The Hall–Kier alpha value is -2.34. The van der Waals surface area contributed by atoms with Crippen LogP contribution in [0.3, 0.4) is 0 Å². The van der Waals surface area contributed by atoms with Crippen LogP contribution in [-0.2, 0) is 0 Å².